The van der Waals surface area contributed by atoms with Gasteiger partial charge in [-0.05, 0) is 38.1 Å². The maximum absolute atomic E-state index is 12.8. The molecular formula is C18H31Cl3N4O. The molecule has 150 valence electrons. The minimum atomic E-state index is 0. The molecule has 8 heteroatoms. The Morgan fingerprint density at radius 2 is 1.81 bits per heavy atom. The first kappa shape index (κ1) is 25.4. The van der Waals surface area contributed by atoms with Crippen LogP contribution in [0.2, 0.25) is 0 Å². The van der Waals surface area contributed by atoms with Crippen LogP contribution in [0, 0.1) is 0 Å². The van der Waals surface area contributed by atoms with E-state index in [1.54, 1.807) is 0 Å². The van der Waals surface area contributed by atoms with Gasteiger partial charge in [0.2, 0.25) is 5.91 Å². The van der Waals surface area contributed by atoms with E-state index in [1.165, 1.54) is 12.8 Å². The maximum Gasteiger partial charge on any atom is 0.240 e. The molecule has 5 nitrogen and oxygen atoms in total. The predicted molar refractivity (Wildman–Crippen MR) is 113 cm³/mol. The lowest BCUT2D eigenvalue weighted by Gasteiger charge is -2.40. The zero-order chi connectivity index (χ0) is 16.1. The molecule has 1 aromatic rings. The number of likely N-dealkylation sites (N-methyl/N-ethyl adjacent to an activating group) is 1. The Labute approximate surface area is 175 Å². The summed E-state index contributed by atoms with van der Waals surface area (Å²) in [7, 11) is 0. The molecule has 2 aliphatic rings. The van der Waals surface area contributed by atoms with E-state index < -0.39 is 0 Å². The smallest absolute Gasteiger partial charge is 0.240 e. The van der Waals surface area contributed by atoms with E-state index in [0.717, 1.165) is 57.9 Å². The van der Waals surface area contributed by atoms with Crippen molar-refractivity contribution in [1.82, 2.24) is 19.7 Å². The highest BCUT2D eigenvalue weighted by atomic mass is 35.5. The number of carbonyl (C=O) groups excluding carboxylic acids is 1. The summed E-state index contributed by atoms with van der Waals surface area (Å²) in [4.78, 5) is 24.1. The third-order valence-corrected chi connectivity index (χ3v) is 5.10. The summed E-state index contributed by atoms with van der Waals surface area (Å²) in [6.45, 7) is 8.69. The molecule has 3 rings (SSSR count). The number of rotatable bonds is 4. The van der Waals surface area contributed by atoms with E-state index in [4.69, 9.17) is 0 Å². The Bertz CT molecular complexity index is 512. The summed E-state index contributed by atoms with van der Waals surface area (Å²) < 4.78 is 0. The molecule has 26 heavy (non-hydrogen) atoms. The van der Waals surface area contributed by atoms with Crippen molar-refractivity contribution >= 4 is 43.1 Å². The minimum absolute atomic E-state index is 0. The van der Waals surface area contributed by atoms with Gasteiger partial charge >= 0.3 is 0 Å². The van der Waals surface area contributed by atoms with Gasteiger partial charge in [-0.25, -0.2) is 0 Å². The van der Waals surface area contributed by atoms with E-state index in [2.05, 4.69) is 32.7 Å². The maximum atomic E-state index is 12.8. The normalized spacial score (nSPS) is 21.1. The molecule has 2 aliphatic heterocycles. The van der Waals surface area contributed by atoms with Gasteiger partial charge < -0.3 is 4.90 Å². The third-order valence-electron chi connectivity index (χ3n) is 5.10. The van der Waals surface area contributed by atoms with Gasteiger partial charge in [-0.1, -0.05) is 19.4 Å². The lowest BCUT2D eigenvalue weighted by molar-refractivity contribution is -0.140. The molecule has 0 radical (unpaired) electrons. The van der Waals surface area contributed by atoms with Crippen molar-refractivity contribution in [3.8, 4) is 0 Å². The standard InChI is InChI=1S/C18H28N4O.3ClH/c1-2-21-10-6-4-8-17(21)18(23)22-13-11-20(12-14-22)15-16-7-3-5-9-19-16;;;/h3,5,7,9,17H,2,4,6,8,10-15H2,1H3;3*1H/t17-;;;/m0.../s1. The number of nitrogens with zero attached hydrogens (tertiary/aromatic N) is 4. The molecule has 0 unspecified atom stereocenters. The molecule has 0 bridgehead atoms. The van der Waals surface area contributed by atoms with Crippen molar-refractivity contribution in [3.05, 3.63) is 30.1 Å². The van der Waals surface area contributed by atoms with Gasteiger partial charge in [-0.15, -0.1) is 37.2 Å². The summed E-state index contributed by atoms with van der Waals surface area (Å²) in [6, 6.07) is 6.17. The molecule has 0 aromatic carbocycles. The monoisotopic (exact) mass is 424 g/mol. The quantitative estimate of drug-likeness (QED) is 0.743. The number of pyridine rings is 1. The van der Waals surface area contributed by atoms with Gasteiger partial charge in [-0.2, -0.15) is 0 Å². The lowest BCUT2D eigenvalue weighted by Crippen LogP contribution is -2.55. The number of carbonyl (C=O) groups is 1. The first-order chi connectivity index (χ1) is 11.3. The van der Waals surface area contributed by atoms with Crippen LogP contribution in [0.25, 0.3) is 0 Å². The van der Waals surface area contributed by atoms with E-state index in [0.29, 0.717) is 5.91 Å². The van der Waals surface area contributed by atoms with Crippen LogP contribution in [0.3, 0.4) is 0 Å². The van der Waals surface area contributed by atoms with E-state index >= 15 is 0 Å². The molecule has 1 atom stereocenters. The number of piperidine rings is 1. The van der Waals surface area contributed by atoms with E-state index in [9.17, 15) is 4.79 Å². The minimum Gasteiger partial charge on any atom is -0.339 e. The SMILES string of the molecule is CCN1CCCC[C@H]1C(=O)N1CCN(Cc2ccccn2)CC1.Cl.Cl.Cl. The van der Waals surface area contributed by atoms with E-state index in [1.807, 2.05) is 18.3 Å². The molecule has 0 N–H and O–H groups in total. The van der Waals surface area contributed by atoms with Crippen molar-refractivity contribution in [2.24, 2.45) is 0 Å². The van der Waals surface area contributed by atoms with Gasteiger partial charge in [0.1, 0.15) is 0 Å². The second kappa shape index (κ2) is 12.7. The molecular weight excluding hydrogens is 395 g/mol. The molecule has 0 spiro atoms. The second-order valence-electron chi connectivity index (χ2n) is 6.56. The fraction of sp³-hybridized carbons (Fsp3) is 0.667. The molecule has 2 saturated heterocycles. The molecule has 0 aliphatic carbocycles. The number of halogens is 3. The van der Waals surface area contributed by atoms with Crippen LogP contribution in [0.15, 0.2) is 24.4 Å². The number of aromatic nitrogens is 1. The summed E-state index contributed by atoms with van der Waals surface area (Å²) in [5.74, 6) is 0.351. The average Bonchev–Trinajstić information content (AvgIpc) is 2.62. The summed E-state index contributed by atoms with van der Waals surface area (Å²) >= 11 is 0. The van der Waals surface area contributed by atoms with Gasteiger partial charge in [0.05, 0.1) is 11.7 Å². The Morgan fingerprint density at radius 1 is 1.08 bits per heavy atom. The topological polar surface area (TPSA) is 39.7 Å². The first-order valence-corrected chi connectivity index (χ1v) is 8.93. The summed E-state index contributed by atoms with van der Waals surface area (Å²) in [5.41, 5.74) is 1.11. The van der Waals surface area contributed by atoms with Crippen LogP contribution in [0.4, 0.5) is 0 Å². The van der Waals surface area contributed by atoms with Gasteiger partial charge in [0.25, 0.3) is 0 Å². The van der Waals surface area contributed by atoms with Crippen LogP contribution in [0.1, 0.15) is 31.9 Å². The Balaban J connectivity index is 0.00000208. The Morgan fingerprint density at radius 3 is 2.42 bits per heavy atom. The van der Waals surface area contributed by atoms with Crippen LogP contribution in [-0.2, 0) is 11.3 Å². The van der Waals surface area contributed by atoms with Crippen LogP contribution >= 0.6 is 37.2 Å². The molecule has 1 amide bonds. The molecule has 1 aromatic heterocycles. The fourth-order valence-corrected chi connectivity index (χ4v) is 3.71. The molecule has 2 fully saturated rings. The number of piperazine rings is 1. The van der Waals surface area contributed by atoms with Gasteiger partial charge in [0, 0.05) is 38.9 Å². The first-order valence-electron chi connectivity index (χ1n) is 8.93. The van der Waals surface area contributed by atoms with Crippen LogP contribution in [-0.4, -0.2) is 70.9 Å². The summed E-state index contributed by atoms with van der Waals surface area (Å²) in [6.07, 6.45) is 5.29. The van der Waals surface area contributed by atoms with E-state index in [-0.39, 0.29) is 43.3 Å². The molecule has 0 saturated carbocycles. The number of amides is 1. The van der Waals surface area contributed by atoms with Gasteiger partial charge in [0.15, 0.2) is 0 Å². The Kier molecular flexibility index (Phi) is 12.4. The molecule has 3 heterocycles. The van der Waals surface area contributed by atoms with Crippen molar-refractivity contribution in [2.75, 3.05) is 39.3 Å². The van der Waals surface area contributed by atoms with Crippen molar-refractivity contribution in [2.45, 2.75) is 38.8 Å². The van der Waals surface area contributed by atoms with Gasteiger partial charge in [-0.3, -0.25) is 19.6 Å². The predicted octanol–water partition coefficient (Wildman–Crippen LogP) is 2.87. The highest BCUT2D eigenvalue weighted by Gasteiger charge is 2.32. The van der Waals surface area contributed by atoms with Crippen LogP contribution < -0.4 is 0 Å². The highest BCUT2D eigenvalue weighted by Crippen LogP contribution is 2.19. The highest BCUT2D eigenvalue weighted by molar-refractivity contribution is 5.86. The zero-order valence-corrected chi connectivity index (χ0v) is 17.8. The lowest BCUT2D eigenvalue weighted by atomic mass is 10.0. The Hall–Kier alpha value is -0.590. The number of likely N-dealkylation sites (tertiary alicyclic amines) is 1. The van der Waals surface area contributed by atoms with Crippen molar-refractivity contribution < 1.29 is 4.79 Å². The van der Waals surface area contributed by atoms with Crippen LogP contribution in [0.5, 0.6) is 0 Å². The number of hydrogen-bond acceptors (Lipinski definition) is 4. The third kappa shape index (κ3) is 6.54. The van der Waals surface area contributed by atoms with Crippen molar-refractivity contribution in [1.29, 1.82) is 0 Å². The van der Waals surface area contributed by atoms with Crippen molar-refractivity contribution in [3.63, 3.8) is 0 Å². The largest absolute Gasteiger partial charge is 0.339 e. The number of hydrogen-bond donors (Lipinski definition) is 0. The summed E-state index contributed by atoms with van der Waals surface area (Å²) in [5, 5.41) is 0. The zero-order valence-electron chi connectivity index (χ0n) is 15.4. The average molecular weight is 426 g/mol. The second-order valence-corrected chi connectivity index (χ2v) is 6.56. The fourth-order valence-electron chi connectivity index (χ4n) is 3.71.